The van der Waals surface area contributed by atoms with Crippen LogP contribution < -0.4 is 10.3 Å². The van der Waals surface area contributed by atoms with E-state index in [0.29, 0.717) is 6.54 Å². The van der Waals surface area contributed by atoms with E-state index in [2.05, 4.69) is 70.3 Å². The van der Waals surface area contributed by atoms with Crippen LogP contribution in [0.15, 0.2) is 40.2 Å². The molecule has 1 saturated heterocycles. The molecular weight excluding hydrogens is 533 g/mol. The van der Waals surface area contributed by atoms with Gasteiger partial charge in [0.25, 0.3) is 0 Å². The number of amides is 1. The van der Waals surface area contributed by atoms with Gasteiger partial charge in [-0.15, -0.1) is 0 Å². The average molecular weight is 566 g/mol. The van der Waals surface area contributed by atoms with Gasteiger partial charge in [-0.25, -0.2) is 9.79 Å². The fourth-order valence-corrected chi connectivity index (χ4v) is 7.66. The molecule has 0 saturated carbocycles. The van der Waals surface area contributed by atoms with Crippen LogP contribution in [-0.2, 0) is 11.2 Å². The molecule has 172 valence electrons. The van der Waals surface area contributed by atoms with Crippen LogP contribution in [0.4, 0.5) is 16.2 Å². The molecule has 2 heterocycles. The maximum atomic E-state index is 12.6. The van der Waals surface area contributed by atoms with Crippen LogP contribution in [-0.4, -0.2) is 42.8 Å². The first-order valence-electron chi connectivity index (χ1n) is 11.3. The van der Waals surface area contributed by atoms with Crippen molar-refractivity contribution < 1.29 is 9.53 Å². The molecule has 0 spiro atoms. The van der Waals surface area contributed by atoms with Crippen LogP contribution in [0.3, 0.4) is 0 Å². The molecule has 1 fully saturated rings. The Kier molecular flexibility index (Phi) is 6.86. The molecule has 1 amide bonds. The van der Waals surface area contributed by atoms with Crippen molar-refractivity contribution in [1.29, 1.82) is 0 Å². The largest absolute Gasteiger partial charge is 0.444 e. The van der Waals surface area contributed by atoms with Gasteiger partial charge in [0.15, 0.2) is 0 Å². The molecule has 0 aliphatic carbocycles. The summed E-state index contributed by atoms with van der Waals surface area (Å²) in [4.78, 5) is 23.3. The first-order valence-corrected chi connectivity index (χ1v) is 15.1. The molecule has 1 atom stereocenters. The third-order valence-electron chi connectivity index (χ3n) is 5.84. The average Bonchev–Trinajstić information content (AvgIpc) is 2.99. The van der Waals surface area contributed by atoms with E-state index in [-0.39, 0.29) is 13.7 Å². The number of fused-ring (bicyclic) bond motifs is 2. The SMILES string of the molecule is CCc1cc(N2CCCN(C(=O)OC(C)(C)C)CC2)cc2c1N=c1c(C)cccc1=S2I. The minimum absolute atomic E-state index is 0.0420. The second-order valence-corrected chi connectivity index (χ2v) is 13.4. The summed E-state index contributed by atoms with van der Waals surface area (Å²) in [5, 5.41) is 1.14. The number of carbonyl (C=O) groups is 1. The molecule has 32 heavy (non-hydrogen) atoms. The Hall–Kier alpha value is -1.61. The molecule has 0 N–H and O–H groups in total. The summed E-state index contributed by atoms with van der Waals surface area (Å²) in [6, 6.07) is 11.1. The van der Waals surface area contributed by atoms with Gasteiger partial charge in [0.1, 0.15) is 5.60 Å². The maximum absolute atomic E-state index is 12.6. The molecule has 2 aromatic rings. The van der Waals surface area contributed by atoms with Crippen LogP contribution in [0.2, 0.25) is 0 Å². The standard InChI is InChI=1S/C25H32IN3O2S/c1-6-18-15-19(28-11-8-12-29(14-13-28)24(30)31-25(3,4)5)16-21-23(18)27-22-17(2)9-7-10-20(22)32(21)26/h7,9-10,15-16H,6,8,11-14H2,1-5H3. The summed E-state index contributed by atoms with van der Waals surface area (Å²) in [6.45, 7) is 13.3. The van der Waals surface area contributed by atoms with E-state index in [9.17, 15) is 4.79 Å². The number of carbonyl (C=O) groups excluding carboxylic acids is 1. The molecule has 1 unspecified atom stereocenters. The number of ether oxygens (including phenoxy) is 1. The van der Waals surface area contributed by atoms with Crippen molar-refractivity contribution in [2.24, 2.45) is 4.99 Å². The summed E-state index contributed by atoms with van der Waals surface area (Å²) >= 11 is 2.59. The lowest BCUT2D eigenvalue weighted by atomic mass is 10.1. The second kappa shape index (κ2) is 9.33. The van der Waals surface area contributed by atoms with E-state index >= 15 is 0 Å². The Morgan fingerprint density at radius 2 is 1.97 bits per heavy atom. The summed E-state index contributed by atoms with van der Waals surface area (Å²) in [5.74, 6) is 0. The zero-order valence-electron chi connectivity index (χ0n) is 19.6. The van der Waals surface area contributed by atoms with Gasteiger partial charge >= 0.3 is 6.09 Å². The van der Waals surface area contributed by atoms with Gasteiger partial charge in [-0.2, -0.15) is 0 Å². The first kappa shape index (κ1) is 23.5. The minimum Gasteiger partial charge on any atom is -0.444 e. The van der Waals surface area contributed by atoms with Crippen LogP contribution in [0, 0.1) is 11.4 Å². The third-order valence-corrected chi connectivity index (χ3v) is 10.1. The second-order valence-electron chi connectivity index (χ2n) is 9.40. The summed E-state index contributed by atoms with van der Waals surface area (Å²) < 4.78 is 6.92. The molecule has 0 bridgehead atoms. The Bertz CT molecular complexity index is 1170. The zero-order valence-corrected chi connectivity index (χ0v) is 22.5. The molecule has 2 aromatic carbocycles. The summed E-state index contributed by atoms with van der Waals surface area (Å²) in [5.41, 5.74) is 4.47. The van der Waals surface area contributed by atoms with Crippen LogP contribution in [0.1, 0.15) is 45.2 Å². The Labute approximate surface area is 205 Å². The van der Waals surface area contributed by atoms with E-state index in [1.807, 2.05) is 25.7 Å². The number of nitrogens with zero attached hydrogens (tertiary/aromatic N) is 3. The predicted octanol–water partition coefficient (Wildman–Crippen LogP) is 6.20. The molecule has 0 aromatic heterocycles. The lowest BCUT2D eigenvalue weighted by Crippen LogP contribution is -2.39. The third kappa shape index (κ3) is 4.83. The Balaban J connectivity index is 1.65. The molecule has 0 radical (unpaired) electrons. The molecule has 5 nitrogen and oxygen atoms in total. The van der Waals surface area contributed by atoms with Gasteiger partial charge in [0.05, 0.1) is 11.0 Å². The highest BCUT2D eigenvalue weighted by atomic mass is 127. The van der Waals surface area contributed by atoms with Crippen LogP contribution in [0.25, 0.3) is 0 Å². The molecule has 4 rings (SSSR count). The molecule has 2 aliphatic rings. The van der Waals surface area contributed by atoms with Crippen molar-refractivity contribution in [2.75, 3.05) is 31.1 Å². The fraction of sp³-hybridized carbons (Fsp3) is 0.480. The summed E-state index contributed by atoms with van der Waals surface area (Å²) in [7, 11) is -0.0420. The molecule has 7 heteroatoms. The Morgan fingerprint density at radius 3 is 2.69 bits per heavy atom. The van der Waals surface area contributed by atoms with Gasteiger partial charge in [-0.1, -0.05) is 26.7 Å². The highest BCUT2D eigenvalue weighted by Crippen LogP contribution is 2.48. The monoisotopic (exact) mass is 565 g/mol. The molecule has 2 aliphatic heterocycles. The van der Waals surface area contributed by atoms with Gasteiger partial charge in [-0.3, -0.25) is 0 Å². The van der Waals surface area contributed by atoms with E-state index in [4.69, 9.17) is 9.73 Å². The lowest BCUT2D eigenvalue weighted by molar-refractivity contribution is 0.0263. The topological polar surface area (TPSA) is 45.1 Å². The summed E-state index contributed by atoms with van der Waals surface area (Å²) in [6.07, 6.45) is 1.67. The van der Waals surface area contributed by atoms with Gasteiger partial charge in [0, 0.05) is 41.3 Å². The van der Waals surface area contributed by atoms with Crippen molar-refractivity contribution in [2.45, 2.75) is 58.0 Å². The highest BCUT2D eigenvalue weighted by Gasteiger charge is 2.25. The van der Waals surface area contributed by atoms with Crippen LogP contribution in [0.5, 0.6) is 0 Å². The quantitative estimate of drug-likeness (QED) is 0.322. The van der Waals surface area contributed by atoms with Crippen molar-refractivity contribution in [3.8, 4) is 0 Å². The minimum atomic E-state index is -0.466. The van der Waals surface area contributed by atoms with Crippen molar-refractivity contribution in [3.05, 3.63) is 51.3 Å². The number of para-hydroxylation sites is 1. The number of hydrogen-bond acceptors (Lipinski definition) is 4. The first-order chi connectivity index (χ1) is 15.2. The number of halogens is 1. The normalized spacial score (nSPS) is 18.4. The lowest BCUT2D eigenvalue weighted by Gasteiger charge is -2.27. The zero-order chi connectivity index (χ0) is 23.0. The van der Waals surface area contributed by atoms with E-state index < -0.39 is 5.60 Å². The van der Waals surface area contributed by atoms with Crippen molar-refractivity contribution in [1.82, 2.24) is 4.90 Å². The predicted molar refractivity (Wildman–Crippen MR) is 141 cm³/mol. The maximum Gasteiger partial charge on any atom is 0.410 e. The molecular formula is C25H32IN3O2S. The van der Waals surface area contributed by atoms with Crippen molar-refractivity contribution >= 4 is 46.3 Å². The van der Waals surface area contributed by atoms with E-state index in [1.54, 1.807) is 0 Å². The fourth-order valence-electron chi connectivity index (χ4n) is 4.20. The smallest absolute Gasteiger partial charge is 0.410 e. The number of aryl methyl sites for hydroxylation is 2. The highest BCUT2D eigenvalue weighted by molar-refractivity contribution is 14.2. The number of rotatable bonds is 2. The number of anilines is 1. The van der Waals surface area contributed by atoms with Crippen LogP contribution >= 0.6 is 28.9 Å². The van der Waals surface area contributed by atoms with Gasteiger partial charge in [0.2, 0.25) is 0 Å². The van der Waals surface area contributed by atoms with E-state index in [0.717, 1.165) is 43.5 Å². The van der Waals surface area contributed by atoms with Crippen molar-refractivity contribution in [3.63, 3.8) is 0 Å². The van der Waals surface area contributed by atoms with Gasteiger partial charge in [-0.05, 0) is 91.1 Å². The number of benzene rings is 2. The van der Waals surface area contributed by atoms with Gasteiger partial charge < -0.3 is 14.5 Å². The number of hydrogen-bond donors (Lipinski definition) is 0. The van der Waals surface area contributed by atoms with E-state index in [1.165, 1.54) is 26.2 Å². The Morgan fingerprint density at radius 1 is 1.19 bits per heavy atom.